The molecular formula is C16H18N2OS. The van der Waals surface area contributed by atoms with Crippen LogP contribution in [-0.2, 0) is 4.79 Å². The number of carbonyl (C=O) groups excluding carboxylic acids is 1. The molecule has 0 aliphatic rings. The number of nitrogens with zero attached hydrogens (tertiary/aromatic N) is 1. The molecule has 1 heterocycles. The van der Waals surface area contributed by atoms with Crippen molar-refractivity contribution in [1.82, 2.24) is 4.98 Å². The second-order valence-corrected chi connectivity index (χ2v) is 5.81. The van der Waals surface area contributed by atoms with Gasteiger partial charge in [-0.25, -0.2) is 4.98 Å². The highest BCUT2D eigenvalue weighted by Gasteiger charge is 2.18. The number of aromatic nitrogens is 1. The van der Waals surface area contributed by atoms with Crippen molar-refractivity contribution < 1.29 is 4.79 Å². The van der Waals surface area contributed by atoms with E-state index in [4.69, 9.17) is 0 Å². The summed E-state index contributed by atoms with van der Waals surface area (Å²) in [4.78, 5) is 17.5. The number of hydrogen-bond acceptors (Lipinski definition) is 3. The molecule has 0 aliphatic heterocycles. The van der Waals surface area contributed by atoms with Crippen LogP contribution in [0.3, 0.4) is 0 Å². The first-order valence-electron chi connectivity index (χ1n) is 6.64. The van der Waals surface area contributed by atoms with Crippen LogP contribution in [0.4, 0.5) is 5.82 Å². The van der Waals surface area contributed by atoms with Crippen molar-refractivity contribution >= 4 is 23.5 Å². The van der Waals surface area contributed by atoms with Gasteiger partial charge in [0.1, 0.15) is 5.82 Å². The van der Waals surface area contributed by atoms with Crippen LogP contribution < -0.4 is 5.32 Å². The Hall–Kier alpha value is -1.81. The summed E-state index contributed by atoms with van der Waals surface area (Å²) in [5.74, 6) is 0.595. The second kappa shape index (κ2) is 7.10. The molecule has 0 spiro atoms. The number of thioether (sulfide) groups is 1. The van der Waals surface area contributed by atoms with Crippen LogP contribution >= 0.6 is 11.8 Å². The van der Waals surface area contributed by atoms with E-state index >= 15 is 0 Å². The third-order valence-electron chi connectivity index (χ3n) is 2.88. The highest BCUT2D eigenvalue weighted by Crippen LogP contribution is 2.26. The molecule has 4 heteroatoms. The Bertz CT molecular complexity index is 554. The summed E-state index contributed by atoms with van der Waals surface area (Å²) in [6, 6.07) is 13.7. The van der Waals surface area contributed by atoms with Gasteiger partial charge in [-0.1, -0.05) is 30.7 Å². The maximum absolute atomic E-state index is 12.2. The molecule has 1 unspecified atom stereocenters. The number of carbonyl (C=O) groups is 1. The van der Waals surface area contributed by atoms with Crippen molar-refractivity contribution in [3.63, 3.8) is 0 Å². The van der Waals surface area contributed by atoms with E-state index in [1.807, 2.05) is 19.1 Å². The van der Waals surface area contributed by atoms with Gasteiger partial charge in [-0.2, -0.15) is 0 Å². The van der Waals surface area contributed by atoms with Gasteiger partial charge in [-0.3, -0.25) is 4.79 Å². The molecule has 20 heavy (non-hydrogen) atoms. The summed E-state index contributed by atoms with van der Waals surface area (Å²) in [6.45, 7) is 4.07. The zero-order valence-electron chi connectivity index (χ0n) is 11.7. The highest BCUT2D eigenvalue weighted by molar-refractivity contribution is 8.00. The lowest BCUT2D eigenvalue weighted by Gasteiger charge is -2.14. The fraction of sp³-hybridized carbons (Fsp3) is 0.250. The number of benzene rings is 1. The minimum absolute atomic E-state index is 0.00299. The van der Waals surface area contributed by atoms with E-state index in [0.717, 1.165) is 11.3 Å². The zero-order chi connectivity index (χ0) is 14.4. The maximum Gasteiger partial charge on any atom is 0.239 e. The first-order valence-corrected chi connectivity index (χ1v) is 7.52. The van der Waals surface area contributed by atoms with Crippen molar-refractivity contribution in [1.29, 1.82) is 0 Å². The molecule has 1 atom stereocenters. The van der Waals surface area contributed by atoms with Crippen LogP contribution in [0.2, 0.25) is 0 Å². The van der Waals surface area contributed by atoms with Crippen LogP contribution in [0, 0.1) is 6.92 Å². The predicted octanol–water partition coefficient (Wildman–Crippen LogP) is 3.90. The Kier molecular flexibility index (Phi) is 5.18. The second-order valence-electron chi connectivity index (χ2n) is 4.53. The number of hydrogen-bond donors (Lipinski definition) is 1. The lowest BCUT2D eigenvalue weighted by molar-refractivity contribution is -0.115. The summed E-state index contributed by atoms with van der Waals surface area (Å²) < 4.78 is 0. The molecular weight excluding hydrogens is 268 g/mol. The predicted molar refractivity (Wildman–Crippen MR) is 84.0 cm³/mol. The van der Waals surface area contributed by atoms with Crippen LogP contribution in [0.5, 0.6) is 0 Å². The molecule has 0 saturated heterocycles. The Morgan fingerprint density at radius 1 is 1.25 bits per heavy atom. The molecule has 0 aliphatic carbocycles. The molecule has 0 radical (unpaired) electrons. The van der Waals surface area contributed by atoms with Crippen molar-refractivity contribution in [2.45, 2.75) is 30.4 Å². The summed E-state index contributed by atoms with van der Waals surface area (Å²) in [6.07, 6.45) is 2.45. The van der Waals surface area contributed by atoms with Gasteiger partial charge in [0.05, 0.1) is 5.25 Å². The van der Waals surface area contributed by atoms with E-state index in [-0.39, 0.29) is 11.2 Å². The summed E-state index contributed by atoms with van der Waals surface area (Å²) in [5.41, 5.74) is 1.22. The van der Waals surface area contributed by atoms with Gasteiger partial charge in [0.25, 0.3) is 0 Å². The quantitative estimate of drug-likeness (QED) is 0.848. The molecule has 2 rings (SSSR count). The minimum Gasteiger partial charge on any atom is -0.310 e. The molecule has 2 aromatic rings. The van der Waals surface area contributed by atoms with E-state index in [9.17, 15) is 4.79 Å². The fourth-order valence-electron chi connectivity index (χ4n) is 1.75. The maximum atomic E-state index is 12.2. The van der Waals surface area contributed by atoms with Crippen molar-refractivity contribution in [2.24, 2.45) is 0 Å². The Morgan fingerprint density at radius 3 is 2.60 bits per heavy atom. The van der Waals surface area contributed by atoms with Crippen LogP contribution in [0.15, 0.2) is 53.6 Å². The Balaban J connectivity index is 2.00. The first-order chi connectivity index (χ1) is 9.69. The minimum atomic E-state index is -0.111. The average molecular weight is 286 g/mol. The number of anilines is 1. The van der Waals surface area contributed by atoms with Crippen molar-refractivity contribution in [2.75, 3.05) is 5.32 Å². The summed E-state index contributed by atoms with van der Waals surface area (Å²) in [5, 5.41) is 2.74. The van der Waals surface area contributed by atoms with Crippen LogP contribution in [0.1, 0.15) is 18.9 Å². The average Bonchev–Trinajstić information content (AvgIpc) is 2.47. The molecule has 0 fully saturated rings. The van der Waals surface area contributed by atoms with Gasteiger partial charge in [0, 0.05) is 11.1 Å². The number of amides is 1. The number of aryl methyl sites for hydroxylation is 1. The summed E-state index contributed by atoms with van der Waals surface area (Å²) in [7, 11) is 0. The highest BCUT2D eigenvalue weighted by atomic mass is 32.2. The van der Waals surface area contributed by atoms with Gasteiger partial charge >= 0.3 is 0 Å². The van der Waals surface area contributed by atoms with Crippen molar-refractivity contribution in [3.8, 4) is 0 Å². The molecule has 1 N–H and O–H groups in total. The van der Waals surface area contributed by atoms with Gasteiger partial charge in [0.2, 0.25) is 5.91 Å². The lowest BCUT2D eigenvalue weighted by atomic mass is 10.2. The van der Waals surface area contributed by atoms with E-state index in [0.29, 0.717) is 5.82 Å². The molecule has 1 amide bonds. The van der Waals surface area contributed by atoms with E-state index in [2.05, 4.69) is 41.5 Å². The Morgan fingerprint density at radius 2 is 2.00 bits per heavy atom. The van der Waals surface area contributed by atoms with Gasteiger partial charge < -0.3 is 5.32 Å². The molecule has 104 valence electrons. The third kappa shape index (κ3) is 4.10. The monoisotopic (exact) mass is 286 g/mol. The Labute approximate surface area is 123 Å². The topological polar surface area (TPSA) is 42.0 Å². The van der Waals surface area contributed by atoms with Crippen LogP contribution in [0.25, 0.3) is 0 Å². The van der Waals surface area contributed by atoms with E-state index < -0.39 is 0 Å². The fourth-order valence-corrected chi connectivity index (χ4v) is 2.70. The standard InChI is InChI=1S/C16H18N2OS/c1-3-14(20-13-9-7-12(2)8-10-13)16(19)18-15-6-4-5-11-17-15/h4-11,14H,3H2,1-2H3,(H,17,18,19). The van der Waals surface area contributed by atoms with Gasteiger partial charge in [-0.05, 0) is 37.6 Å². The first kappa shape index (κ1) is 14.6. The molecule has 3 nitrogen and oxygen atoms in total. The largest absolute Gasteiger partial charge is 0.310 e. The van der Waals surface area contributed by atoms with Gasteiger partial charge in [0.15, 0.2) is 0 Å². The third-order valence-corrected chi connectivity index (χ3v) is 4.25. The number of rotatable bonds is 5. The lowest BCUT2D eigenvalue weighted by Crippen LogP contribution is -2.24. The van der Waals surface area contributed by atoms with E-state index in [1.165, 1.54) is 5.56 Å². The van der Waals surface area contributed by atoms with Crippen LogP contribution in [-0.4, -0.2) is 16.1 Å². The summed E-state index contributed by atoms with van der Waals surface area (Å²) >= 11 is 1.58. The normalized spacial score (nSPS) is 11.9. The zero-order valence-corrected chi connectivity index (χ0v) is 12.5. The smallest absolute Gasteiger partial charge is 0.239 e. The molecule has 1 aromatic carbocycles. The van der Waals surface area contributed by atoms with Gasteiger partial charge in [-0.15, -0.1) is 11.8 Å². The molecule has 0 bridgehead atoms. The SMILES string of the molecule is CCC(Sc1ccc(C)cc1)C(=O)Nc1ccccn1. The van der Waals surface area contributed by atoms with Crippen molar-refractivity contribution in [3.05, 3.63) is 54.2 Å². The van der Waals surface area contributed by atoms with E-state index in [1.54, 1.807) is 24.0 Å². The number of pyridine rings is 1. The molecule has 1 aromatic heterocycles. The molecule has 0 saturated carbocycles. The number of nitrogens with one attached hydrogen (secondary N) is 1.